The van der Waals surface area contributed by atoms with Crippen molar-refractivity contribution in [1.29, 1.82) is 0 Å². The third kappa shape index (κ3) is 5.71. The maximum atomic E-state index is 12.1. The Morgan fingerprint density at radius 1 is 1.08 bits per heavy atom. The molecule has 1 amide bonds. The van der Waals surface area contributed by atoms with E-state index in [1.807, 2.05) is 36.5 Å². The van der Waals surface area contributed by atoms with Gasteiger partial charge in [0.1, 0.15) is 0 Å². The van der Waals surface area contributed by atoms with Crippen LogP contribution in [-0.2, 0) is 11.2 Å². The van der Waals surface area contributed by atoms with Crippen molar-refractivity contribution in [3.05, 3.63) is 48.3 Å². The van der Waals surface area contributed by atoms with Gasteiger partial charge in [-0.05, 0) is 30.5 Å². The van der Waals surface area contributed by atoms with Crippen LogP contribution in [0.1, 0.15) is 44.1 Å². The highest BCUT2D eigenvalue weighted by atomic mass is 16.1. The summed E-state index contributed by atoms with van der Waals surface area (Å²) in [6, 6.07) is 10.6. The molecule has 25 heavy (non-hydrogen) atoms. The van der Waals surface area contributed by atoms with Crippen LogP contribution in [0, 0.1) is 0 Å². The first-order valence-corrected chi connectivity index (χ1v) is 9.40. The molecule has 1 heterocycles. The van der Waals surface area contributed by atoms with Gasteiger partial charge in [0.05, 0.1) is 18.3 Å². The van der Waals surface area contributed by atoms with Crippen LogP contribution in [0.2, 0.25) is 0 Å². The zero-order valence-electron chi connectivity index (χ0n) is 14.8. The van der Waals surface area contributed by atoms with Crippen molar-refractivity contribution in [3.63, 3.8) is 0 Å². The molecule has 0 spiro atoms. The number of nitrogens with one attached hydrogen (secondary N) is 2. The number of hydrogen-bond acceptors (Lipinski definition) is 3. The normalized spacial score (nSPS) is 15.7. The van der Waals surface area contributed by atoms with Crippen LogP contribution in [0.15, 0.2) is 42.7 Å². The van der Waals surface area contributed by atoms with Gasteiger partial charge in [0.15, 0.2) is 0 Å². The van der Waals surface area contributed by atoms with Crippen molar-refractivity contribution in [2.75, 3.05) is 13.1 Å². The molecule has 1 aromatic heterocycles. The predicted molar refractivity (Wildman–Crippen MR) is 99.8 cm³/mol. The Kier molecular flexibility index (Phi) is 6.63. The first kappa shape index (κ1) is 17.7. The smallest absolute Gasteiger partial charge is 0.224 e. The van der Waals surface area contributed by atoms with E-state index in [4.69, 9.17) is 0 Å². The lowest BCUT2D eigenvalue weighted by Crippen LogP contribution is -2.37. The largest absolute Gasteiger partial charge is 0.355 e. The topological polar surface area (TPSA) is 59.0 Å². The Morgan fingerprint density at radius 3 is 2.60 bits per heavy atom. The third-order valence-corrected chi connectivity index (χ3v) is 4.76. The molecule has 134 valence electrons. The van der Waals surface area contributed by atoms with Crippen molar-refractivity contribution in [2.24, 2.45) is 0 Å². The first-order valence-electron chi connectivity index (χ1n) is 9.40. The van der Waals surface area contributed by atoms with Gasteiger partial charge in [-0.25, -0.2) is 4.68 Å². The molecule has 2 N–H and O–H groups in total. The maximum absolute atomic E-state index is 12.1. The molecule has 5 heteroatoms. The van der Waals surface area contributed by atoms with Crippen LogP contribution in [-0.4, -0.2) is 34.8 Å². The summed E-state index contributed by atoms with van der Waals surface area (Å²) < 4.78 is 1.80. The van der Waals surface area contributed by atoms with E-state index in [0.29, 0.717) is 19.0 Å². The minimum atomic E-state index is 0.0512. The second-order valence-electron chi connectivity index (χ2n) is 6.80. The highest BCUT2D eigenvalue weighted by Gasteiger charge is 2.11. The van der Waals surface area contributed by atoms with Gasteiger partial charge in [0.25, 0.3) is 0 Å². The van der Waals surface area contributed by atoms with Crippen molar-refractivity contribution in [2.45, 2.75) is 51.0 Å². The van der Waals surface area contributed by atoms with E-state index in [0.717, 1.165) is 17.8 Å². The fraction of sp³-hybridized carbons (Fsp3) is 0.500. The summed E-state index contributed by atoms with van der Waals surface area (Å²) in [5.74, 6) is 0.0512. The van der Waals surface area contributed by atoms with Crippen LogP contribution in [0.25, 0.3) is 5.69 Å². The molecule has 0 saturated heterocycles. The number of hydrogen-bond donors (Lipinski definition) is 2. The lowest BCUT2D eigenvalue weighted by molar-refractivity contribution is -0.120. The molecule has 1 fully saturated rings. The summed E-state index contributed by atoms with van der Waals surface area (Å²) in [6.45, 7) is 1.53. The summed E-state index contributed by atoms with van der Waals surface area (Å²) in [4.78, 5) is 12.1. The number of benzene rings is 1. The monoisotopic (exact) mass is 340 g/mol. The molecule has 0 radical (unpaired) electrons. The molecule has 3 rings (SSSR count). The van der Waals surface area contributed by atoms with Gasteiger partial charge in [-0.2, -0.15) is 5.10 Å². The fourth-order valence-electron chi connectivity index (χ4n) is 3.38. The van der Waals surface area contributed by atoms with Gasteiger partial charge >= 0.3 is 0 Å². The second-order valence-corrected chi connectivity index (χ2v) is 6.80. The maximum Gasteiger partial charge on any atom is 0.224 e. The second kappa shape index (κ2) is 9.37. The van der Waals surface area contributed by atoms with Gasteiger partial charge in [0.2, 0.25) is 5.91 Å². The number of aromatic nitrogens is 2. The van der Waals surface area contributed by atoms with Crippen LogP contribution in [0.5, 0.6) is 0 Å². The van der Waals surface area contributed by atoms with Crippen molar-refractivity contribution in [3.8, 4) is 5.69 Å². The number of nitrogens with zero attached hydrogens (tertiary/aromatic N) is 2. The van der Waals surface area contributed by atoms with E-state index >= 15 is 0 Å². The minimum Gasteiger partial charge on any atom is -0.355 e. The number of rotatable bonds is 7. The van der Waals surface area contributed by atoms with Crippen LogP contribution < -0.4 is 10.6 Å². The Hall–Kier alpha value is -2.14. The van der Waals surface area contributed by atoms with Gasteiger partial charge < -0.3 is 10.6 Å². The average Bonchev–Trinajstić information content (AvgIpc) is 2.94. The quantitative estimate of drug-likeness (QED) is 0.602. The zero-order valence-corrected chi connectivity index (χ0v) is 14.8. The summed E-state index contributed by atoms with van der Waals surface area (Å²) >= 11 is 0. The van der Waals surface area contributed by atoms with E-state index in [-0.39, 0.29) is 5.91 Å². The number of carbonyl (C=O) groups excluding carboxylic acids is 1. The molecule has 2 aromatic rings. The number of carbonyl (C=O) groups is 1. The van der Waals surface area contributed by atoms with Crippen molar-refractivity contribution in [1.82, 2.24) is 20.4 Å². The average molecular weight is 340 g/mol. The van der Waals surface area contributed by atoms with Crippen LogP contribution in [0.4, 0.5) is 0 Å². The molecule has 0 unspecified atom stereocenters. The molecule has 0 atom stereocenters. The van der Waals surface area contributed by atoms with E-state index < -0.39 is 0 Å². The molecule has 1 saturated carbocycles. The molecular weight excluding hydrogens is 312 g/mol. The zero-order chi connectivity index (χ0) is 17.3. The first-order chi connectivity index (χ1) is 12.3. The minimum absolute atomic E-state index is 0.0512. The standard InChI is InChI=1S/C20H28N4O/c25-20(22-13-12-21-18-8-4-1-2-5-9-18)14-17-15-23-24(16-17)19-10-6-3-7-11-19/h3,6-7,10-11,15-16,18,21H,1-2,4-5,8-9,12-14H2,(H,22,25). The predicted octanol–water partition coefficient (Wildman–Crippen LogP) is 2.84. The SMILES string of the molecule is O=C(Cc1cnn(-c2ccccc2)c1)NCCNC1CCCCCC1. The molecule has 0 aliphatic heterocycles. The van der Waals surface area contributed by atoms with Crippen molar-refractivity contribution >= 4 is 5.91 Å². The van der Waals surface area contributed by atoms with Gasteiger partial charge in [-0.15, -0.1) is 0 Å². The van der Waals surface area contributed by atoms with Gasteiger partial charge in [-0.3, -0.25) is 4.79 Å². The summed E-state index contributed by atoms with van der Waals surface area (Å²) in [7, 11) is 0. The number of amides is 1. The lowest BCUT2D eigenvalue weighted by atomic mass is 10.1. The molecular formula is C20H28N4O. The molecule has 1 aromatic carbocycles. The van der Waals surface area contributed by atoms with Gasteiger partial charge in [0, 0.05) is 25.3 Å². The summed E-state index contributed by atoms with van der Waals surface area (Å²) in [5, 5.41) is 10.9. The molecule has 0 bridgehead atoms. The van der Waals surface area contributed by atoms with Crippen LogP contribution in [0.3, 0.4) is 0 Å². The molecule has 1 aliphatic rings. The Bertz CT molecular complexity index is 645. The highest BCUT2D eigenvalue weighted by molar-refractivity contribution is 5.78. The van der Waals surface area contributed by atoms with E-state index in [1.165, 1.54) is 38.5 Å². The third-order valence-electron chi connectivity index (χ3n) is 4.76. The Morgan fingerprint density at radius 2 is 1.84 bits per heavy atom. The van der Waals surface area contributed by atoms with E-state index in [2.05, 4.69) is 15.7 Å². The summed E-state index contributed by atoms with van der Waals surface area (Å²) in [5.41, 5.74) is 1.93. The Labute approximate surface area is 149 Å². The summed E-state index contributed by atoms with van der Waals surface area (Å²) in [6.07, 6.45) is 12.0. The van der Waals surface area contributed by atoms with Gasteiger partial charge in [-0.1, -0.05) is 43.9 Å². The number of para-hydroxylation sites is 1. The van der Waals surface area contributed by atoms with Crippen molar-refractivity contribution < 1.29 is 4.79 Å². The fourth-order valence-corrected chi connectivity index (χ4v) is 3.38. The molecule has 1 aliphatic carbocycles. The Balaban J connectivity index is 1.37. The molecule has 5 nitrogen and oxygen atoms in total. The van der Waals surface area contributed by atoms with E-state index in [9.17, 15) is 4.79 Å². The lowest BCUT2D eigenvalue weighted by Gasteiger charge is -2.16. The van der Waals surface area contributed by atoms with E-state index in [1.54, 1.807) is 10.9 Å². The van der Waals surface area contributed by atoms with Crippen LogP contribution >= 0.6 is 0 Å². The highest BCUT2D eigenvalue weighted by Crippen LogP contribution is 2.16.